The van der Waals surface area contributed by atoms with Crippen molar-refractivity contribution in [1.29, 1.82) is 0 Å². The van der Waals surface area contributed by atoms with Gasteiger partial charge in [0, 0.05) is 38.1 Å². The predicted octanol–water partition coefficient (Wildman–Crippen LogP) is 3.22. The van der Waals surface area contributed by atoms with Gasteiger partial charge in [0.05, 0.1) is 18.8 Å². The molecule has 0 saturated carbocycles. The van der Waals surface area contributed by atoms with Crippen LogP contribution < -0.4 is 15.0 Å². The summed E-state index contributed by atoms with van der Waals surface area (Å²) in [7, 11) is 3.92. The molecule has 0 spiro atoms. The van der Waals surface area contributed by atoms with E-state index in [0.717, 1.165) is 12.1 Å². The molecule has 1 aromatic heterocycles. The largest absolute Gasteiger partial charge is 0.471 e. The Kier molecular flexibility index (Phi) is 5.40. The molecular weight excluding hydrogens is 342 g/mol. The van der Waals surface area contributed by atoms with Crippen LogP contribution in [-0.2, 0) is 4.74 Å². The summed E-state index contributed by atoms with van der Waals surface area (Å²) in [5, 5.41) is 3.14. The molecule has 1 unspecified atom stereocenters. The normalized spacial score (nSPS) is 16.5. The minimum absolute atomic E-state index is 0.0418. The van der Waals surface area contributed by atoms with Crippen molar-refractivity contribution < 1.29 is 14.3 Å². The van der Waals surface area contributed by atoms with Crippen LogP contribution in [0.3, 0.4) is 0 Å². The van der Waals surface area contributed by atoms with E-state index in [4.69, 9.17) is 21.1 Å². The van der Waals surface area contributed by atoms with E-state index in [-0.39, 0.29) is 12.0 Å². The van der Waals surface area contributed by atoms with Crippen LogP contribution in [0.2, 0.25) is 5.02 Å². The summed E-state index contributed by atoms with van der Waals surface area (Å²) in [4.78, 5) is 18.5. The summed E-state index contributed by atoms with van der Waals surface area (Å²) in [5.74, 6) is 0.0480. The molecular formula is C18H20ClN3O3. The number of halogens is 1. The van der Waals surface area contributed by atoms with E-state index in [1.807, 2.05) is 43.3 Å². The lowest BCUT2D eigenvalue weighted by Crippen LogP contribution is -2.17. The Bertz CT molecular complexity index is 744. The first-order valence-corrected chi connectivity index (χ1v) is 8.39. The van der Waals surface area contributed by atoms with Crippen LogP contribution in [0.25, 0.3) is 0 Å². The van der Waals surface area contributed by atoms with Crippen LogP contribution in [0.4, 0.5) is 11.4 Å². The average molecular weight is 362 g/mol. The first-order valence-electron chi connectivity index (χ1n) is 8.01. The van der Waals surface area contributed by atoms with Crippen molar-refractivity contribution in [3.63, 3.8) is 0 Å². The van der Waals surface area contributed by atoms with Gasteiger partial charge in [-0.2, -0.15) is 0 Å². The third-order valence-electron chi connectivity index (χ3n) is 3.88. The van der Waals surface area contributed by atoms with Crippen LogP contribution in [-0.4, -0.2) is 44.3 Å². The molecule has 6 nitrogen and oxygen atoms in total. The van der Waals surface area contributed by atoms with Crippen LogP contribution in [0.5, 0.6) is 5.88 Å². The number of hydrogen-bond acceptors (Lipinski definition) is 5. The van der Waals surface area contributed by atoms with Gasteiger partial charge < -0.3 is 19.7 Å². The minimum Gasteiger partial charge on any atom is -0.471 e. The van der Waals surface area contributed by atoms with Crippen LogP contribution >= 0.6 is 11.6 Å². The molecule has 0 radical (unpaired) electrons. The van der Waals surface area contributed by atoms with Crippen molar-refractivity contribution in [1.82, 2.24) is 4.98 Å². The van der Waals surface area contributed by atoms with Crippen molar-refractivity contribution >= 4 is 28.9 Å². The smallest absolute Gasteiger partial charge is 0.257 e. The zero-order chi connectivity index (χ0) is 17.8. The highest BCUT2D eigenvalue weighted by atomic mass is 35.5. The van der Waals surface area contributed by atoms with Crippen molar-refractivity contribution in [2.24, 2.45) is 0 Å². The number of hydrogen-bond donors (Lipinski definition) is 1. The van der Waals surface area contributed by atoms with Crippen molar-refractivity contribution in [2.45, 2.75) is 12.5 Å². The number of aromatic nitrogens is 1. The number of pyridine rings is 1. The Morgan fingerprint density at radius 3 is 2.72 bits per heavy atom. The van der Waals surface area contributed by atoms with Gasteiger partial charge in [-0.25, -0.2) is 4.98 Å². The summed E-state index contributed by atoms with van der Waals surface area (Å²) in [6.45, 7) is 1.21. The molecule has 3 rings (SSSR count). The fraction of sp³-hybridized carbons (Fsp3) is 0.333. The maximum absolute atomic E-state index is 12.4. The molecule has 1 aliphatic rings. The second kappa shape index (κ2) is 7.72. The molecule has 2 aromatic rings. The molecule has 1 atom stereocenters. The van der Waals surface area contributed by atoms with Crippen molar-refractivity contribution in [2.75, 3.05) is 37.5 Å². The van der Waals surface area contributed by atoms with Gasteiger partial charge >= 0.3 is 0 Å². The summed E-state index contributed by atoms with van der Waals surface area (Å²) >= 11 is 6.20. The molecule has 1 aromatic carbocycles. The highest BCUT2D eigenvalue weighted by molar-refractivity contribution is 6.32. The second-order valence-electron chi connectivity index (χ2n) is 6.01. The maximum atomic E-state index is 12.4. The Morgan fingerprint density at radius 1 is 1.36 bits per heavy atom. The van der Waals surface area contributed by atoms with Crippen molar-refractivity contribution in [3.05, 3.63) is 47.1 Å². The Hall–Kier alpha value is -2.31. The topological polar surface area (TPSA) is 63.7 Å². The number of benzene rings is 1. The quantitative estimate of drug-likeness (QED) is 0.885. The van der Waals surface area contributed by atoms with E-state index in [1.54, 1.807) is 6.07 Å². The lowest BCUT2D eigenvalue weighted by molar-refractivity contribution is 0.102. The molecule has 0 bridgehead atoms. The van der Waals surface area contributed by atoms with Gasteiger partial charge in [-0.3, -0.25) is 4.79 Å². The molecule has 1 N–H and O–H groups in total. The SMILES string of the molecule is CN(C)c1ccc(NC(=O)c2cnc(OC3CCOC3)c(Cl)c2)cc1. The van der Waals surface area contributed by atoms with E-state index in [2.05, 4.69) is 10.3 Å². The number of carbonyl (C=O) groups excluding carboxylic acids is 1. The third-order valence-corrected chi connectivity index (χ3v) is 4.15. The van der Waals surface area contributed by atoms with Crippen LogP contribution in [0.15, 0.2) is 36.5 Å². The van der Waals surface area contributed by atoms with Crippen LogP contribution in [0, 0.1) is 0 Å². The lowest BCUT2D eigenvalue weighted by atomic mass is 10.2. The molecule has 7 heteroatoms. The number of nitrogens with one attached hydrogen (secondary N) is 1. The predicted molar refractivity (Wildman–Crippen MR) is 97.8 cm³/mol. The Morgan fingerprint density at radius 2 is 2.12 bits per heavy atom. The zero-order valence-corrected chi connectivity index (χ0v) is 14.9. The molecule has 1 amide bonds. The lowest BCUT2D eigenvalue weighted by Gasteiger charge is -2.14. The highest BCUT2D eigenvalue weighted by Gasteiger charge is 2.20. The number of carbonyl (C=O) groups is 1. The van der Waals surface area contributed by atoms with Gasteiger partial charge in [-0.1, -0.05) is 11.6 Å². The van der Waals surface area contributed by atoms with Gasteiger partial charge in [0.15, 0.2) is 0 Å². The summed E-state index contributed by atoms with van der Waals surface area (Å²) in [6.07, 6.45) is 2.23. The molecule has 1 fully saturated rings. The number of nitrogens with zero attached hydrogens (tertiary/aromatic N) is 2. The minimum atomic E-state index is -0.275. The molecule has 1 aliphatic heterocycles. The fourth-order valence-electron chi connectivity index (χ4n) is 2.45. The number of ether oxygens (including phenoxy) is 2. The maximum Gasteiger partial charge on any atom is 0.257 e. The van der Waals surface area contributed by atoms with E-state index >= 15 is 0 Å². The van der Waals surface area contributed by atoms with Crippen molar-refractivity contribution in [3.8, 4) is 5.88 Å². The molecule has 0 aliphatic carbocycles. The Labute approximate surface area is 151 Å². The number of rotatable bonds is 5. The second-order valence-corrected chi connectivity index (χ2v) is 6.42. The summed E-state index contributed by atoms with van der Waals surface area (Å²) < 4.78 is 10.9. The van der Waals surface area contributed by atoms with E-state index in [1.165, 1.54) is 6.20 Å². The highest BCUT2D eigenvalue weighted by Crippen LogP contribution is 2.25. The van der Waals surface area contributed by atoms with Crippen LogP contribution in [0.1, 0.15) is 16.8 Å². The van der Waals surface area contributed by atoms with E-state index in [0.29, 0.717) is 35.4 Å². The number of anilines is 2. The van der Waals surface area contributed by atoms with E-state index < -0.39 is 0 Å². The van der Waals surface area contributed by atoms with Gasteiger partial charge in [0.1, 0.15) is 11.1 Å². The first-order chi connectivity index (χ1) is 12.0. The molecule has 2 heterocycles. The van der Waals surface area contributed by atoms with E-state index in [9.17, 15) is 4.79 Å². The van der Waals surface area contributed by atoms with Gasteiger partial charge in [0.2, 0.25) is 5.88 Å². The number of amides is 1. The van der Waals surface area contributed by atoms with Gasteiger partial charge in [-0.15, -0.1) is 0 Å². The summed E-state index contributed by atoms with van der Waals surface area (Å²) in [6, 6.07) is 9.12. The zero-order valence-electron chi connectivity index (χ0n) is 14.2. The van der Waals surface area contributed by atoms with Gasteiger partial charge in [0.25, 0.3) is 5.91 Å². The fourth-order valence-corrected chi connectivity index (χ4v) is 2.66. The Balaban J connectivity index is 1.66. The third kappa shape index (κ3) is 4.41. The van der Waals surface area contributed by atoms with Gasteiger partial charge in [-0.05, 0) is 30.3 Å². The summed E-state index contributed by atoms with van der Waals surface area (Å²) in [5.41, 5.74) is 2.13. The first kappa shape index (κ1) is 17.5. The standard InChI is InChI=1S/C18H20ClN3O3/c1-22(2)14-5-3-13(4-6-14)21-17(23)12-9-16(19)18(20-10-12)25-15-7-8-24-11-15/h3-6,9-10,15H,7-8,11H2,1-2H3,(H,21,23). The average Bonchev–Trinajstić information content (AvgIpc) is 3.10. The molecule has 132 valence electrons. The molecule has 1 saturated heterocycles. The monoisotopic (exact) mass is 361 g/mol. The molecule has 25 heavy (non-hydrogen) atoms.